The van der Waals surface area contributed by atoms with Gasteiger partial charge in [0.15, 0.2) is 0 Å². The van der Waals surface area contributed by atoms with Gasteiger partial charge >= 0.3 is 0 Å². The van der Waals surface area contributed by atoms with E-state index in [9.17, 15) is 8.42 Å². The summed E-state index contributed by atoms with van der Waals surface area (Å²) in [6.07, 6.45) is 3.41. The summed E-state index contributed by atoms with van der Waals surface area (Å²) in [7, 11) is -2.84. The molecular formula is C9H19NO3S. The SMILES string of the molecule is CC1(CNCCS(C)(=O)=O)CCCO1. The maximum atomic E-state index is 10.8. The summed E-state index contributed by atoms with van der Waals surface area (Å²) in [6, 6.07) is 0. The van der Waals surface area contributed by atoms with E-state index in [0.29, 0.717) is 6.54 Å². The number of nitrogens with one attached hydrogen (secondary N) is 1. The van der Waals surface area contributed by atoms with Gasteiger partial charge in [0.25, 0.3) is 0 Å². The second kappa shape index (κ2) is 4.59. The number of hydrogen-bond donors (Lipinski definition) is 1. The minimum absolute atomic E-state index is 0.0858. The minimum atomic E-state index is -2.84. The van der Waals surface area contributed by atoms with Gasteiger partial charge in [-0.25, -0.2) is 8.42 Å². The van der Waals surface area contributed by atoms with E-state index >= 15 is 0 Å². The predicted octanol–water partition coefficient (Wildman–Crippen LogP) is 0.190. The molecule has 5 heteroatoms. The van der Waals surface area contributed by atoms with Gasteiger partial charge in [-0.05, 0) is 19.8 Å². The Labute approximate surface area is 85.9 Å². The monoisotopic (exact) mass is 221 g/mol. The zero-order chi connectivity index (χ0) is 10.7. The minimum Gasteiger partial charge on any atom is -0.374 e. The summed E-state index contributed by atoms with van der Waals surface area (Å²) in [5.74, 6) is 0.198. The van der Waals surface area contributed by atoms with Crippen LogP contribution in [0, 0.1) is 0 Å². The van der Waals surface area contributed by atoms with Crippen molar-refractivity contribution in [1.82, 2.24) is 5.32 Å². The second-order valence-electron chi connectivity index (χ2n) is 4.21. The van der Waals surface area contributed by atoms with Crippen LogP contribution in [0.1, 0.15) is 19.8 Å². The fourth-order valence-corrected chi connectivity index (χ4v) is 2.10. The molecule has 0 aromatic carbocycles. The van der Waals surface area contributed by atoms with Crippen LogP contribution in [0.4, 0.5) is 0 Å². The van der Waals surface area contributed by atoms with Crippen molar-refractivity contribution in [3.8, 4) is 0 Å². The number of sulfone groups is 1. The topological polar surface area (TPSA) is 55.4 Å². The number of rotatable bonds is 5. The first kappa shape index (κ1) is 11.9. The third kappa shape index (κ3) is 4.39. The Hall–Kier alpha value is -0.130. The maximum absolute atomic E-state index is 10.8. The van der Waals surface area contributed by atoms with Crippen LogP contribution in [0.5, 0.6) is 0 Å². The first-order valence-electron chi connectivity index (χ1n) is 4.94. The fourth-order valence-electron chi connectivity index (χ4n) is 1.59. The summed E-state index contributed by atoms with van der Waals surface area (Å²) in [5.41, 5.74) is -0.0858. The predicted molar refractivity (Wildman–Crippen MR) is 56.2 cm³/mol. The van der Waals surface area contributed by atoms with Crippen molar-refractivity contribution in [2.75, 3.05) is 31.7 Å². The summed E-state index contributed by atoms with van der Waals surface area (Å²) in [4.78, 5) is 0. The van der Waals surface area contributed by atoms with Gasteiger partial charge < -0.3 is 10.1 Å². The van der Waals surface area contributed by atoms with Crippen LogP contribution < -0.4 is 5.32 Å². The molecule has 1 unspecified atom stereocenters. The van der Waals surface area contributed by atoms with E-state index in [0.717, 1.165) is 26.0 Å². The molecule has 14 heavy (non-hydrogen) atoms. The van der Waals surface area contributed by atoms with Crippen LogP contribution in [0.15, 0.2) is 0 Å². The molecule has 0 radical (unpaired) electrons. The molecule has 0 aliphatic carbocycles. The molecule has 4 nitrogen and oxygen atoms in total. The third-order valence-electron chi connectivity index (χ3n) is 2.45. The highest BCUT2D eigenvalue weighted by Gasteiger charge is 2.28. The molecule has 84 valence electrons. The highest BCUT2D eigenvalue weighted by atomic mass is 32.2. The van der Waals surface area contributed by atoms with Crippen molar-refractivity contribution < 1.29 is 13.2 Å². The number of ether oxygens (including phenoxy) is 1. The molecule has 1 saturated heterocycles. The lowest BCUT2D eigenvalue weighted by Gasteiger charge is -2.23. The second-order valence-corrected chi connectivity index (χ2v) is 6.47. The van der Waals surface area contributed by atoms with Gasteiger partial charge in [0.05, 0.1) is 11.4 Å². The molecule has 0 spiro atoms. The Morgan fingerprint density at radius 2 is 2.21 bits per heavy atom. The maximum Gasteiger partial charge on any atom is 0.148 e. The quantitative estimate of drug-likeness (QED) is 0.673. The lowest BCUT2D eigenvalue weighted by atomic mass is 10.0. The van der Waals surface area contributed by atoms with Crippen LogP contribution in [0.2, 0.25) is 0 Å². The first-order valence-corrected chi connectivity index (χ1v) is 7.00. The van der Waals surface area contributed by atoms with Crippen LogP contribution in [-0.2, 0) is 14.6 Å². The normalized spacial score (nSPS) is 28.1. The third-order valence-corrected chi connectivity index (χ3v) is 3.39. The van der Waals surface area contributed by atoms with Gasteiger partial charge in [0.2, 0.25) is 0 Å². The lowest BCUT2D eigenvalue weighted by molar-refractivity contribution is 0.0214. The van der Waals surface area contributed by atoms with Crippen LogP contribution in [0.25, 0.3) is 0 Å². The molecule has 0 bridgehead atoms. The zero-order valence-electron chi connectivity index (χ0n) is 8.88. The Morgan fingerprint density at radius 1 is 1.50 bits per heavy atom. The molecule has 0 aromatic heterocycles. The lowest BCUT2D eigenvalue weighted by Crippen LogP contribution is -2.38. The van der Waals surface area contributed by atoms with E-state index in [-0.39, 0.29) is 11.4 Å². The van der Waals surface area contributed by atoms with Crippen molar-refractivity contribution in [2.24, 2.45) is 0 Å². The molecule has 1 aliphatic rings. The van der Waals surface area contributed by atoms with Crippen molar-refractivity contribution in [2.45, 2.75) is 25.4 Å². The smallest absolute Gasteiger partial charge is 0.148 e. The highest BCUT2D eigenvalue weighted by Crippen LogP contribution is 2.23. The van der Waals surface area contributed by atoms with E-state index in [1.165, 1.54) is 6.26 Å². The van der Waals surface area contributed by atoms with Crippen LogP contribution in [-0.4, -0.2) is 45.7 Å². The Morgan fingerprint density at radius 3 is 2.71 bits per heavy atom. The molecule has 1 atom stereocenters. The summed E-state index contributed by atoms with van der Waals surface area (Å²) in [6.45, 7) is 4.14. The molecule has 1 rings (SSSR count). The van der Waals surface area contributed by atoms with E-state index in [4.69, 9.17) is 4.74 Å². The van der Waals surface area contributed by atoms with Crippen molar-refractivity contribution in [3.05, 3.63) is 0 Å². The van der Waals surface area contributed by atoms with E-state index < -0.39 is 9.84 Å². The standard InChI is InChI=1S/C9H19NO3S/c1-9(4-3-6-13-9)8-10-5-7-14(2,11)12/h10H,3-8H2,1-2H3. The van der Waals surface area contributed by atoms with E-state index in [2.05, 4.69) is 12.2 Å². The molecule has 0 aromatic rings. The summed E-state index contributed by atoms with van der Waals surface area (Å²) < 4.78 is 27.2. The molecule has 1 aliphatic heterocycles. The highest BCUT2D eigenvalue weighted by molar-refractivity contribution is 7.90. The summed E-state index contributed by atoms with van der Waals surface area (Å²) in [5, 5.41) is 3.12. The molecular weight excluding hydrogens is 202 g/mol. The van der Waals surface area contributed by atoms with Gasteiger partial charge in [-0.3, -0.25) is 0 Å². The average Bonchev–Trinajstić information content (AvgIpc) is 2.45. The van der Waals surface area contributed by atoms with E-state index in [1.807, 2.05) is 0 Å². The summed E-state index contributed by atoms with van der Waals surface area (Å²) >= 11 is 0. The molecule has 0 saturated carbocycles. The van der Waals surface area contributed by atoms with E-state index in [1.54, 1.807) is 0 Å². The molecule has 1 heterocycles. The fraction of sp³-hybridized carbons (Fsp3) is 1.00. The van der Waals surface area contributed by atoms with Crippen molar-refractivity contribution in [3.63, 3.8) is 0 Å². The zero-order valence-corrected chi connectivity index (χ0v) is 9.69. The van der Waals surface area contributed by atoms with Gasteiger partial charge in [-0.2, -0.15) is 0 Å². The van der Waals surface area contributed by atoms with Gasteiger partial charge in [0, 0.05) is 26.0 Å². The Bertz CT molecular complexity index is 268. The van der Waals surface area contributed by atoms with Crippen molar-refractivity contribution in [1.29, 1.82) is 0 Å². The molecule has 0 amide bonds. The number of hydrogen-bond acceptors (Lipinski definition) is 4. The van der Waals surface area contributed by atoms with Gasteiger partial charge in [-0.15, -0.1) is 0 Å². The largest absolute Gasteiger partial charge is 0.374 e. The van der Waals surface area contributed by atoms with Gasteiger partial charge in [-0.1, -0.05) is 0 Å². The molecule has 1 fully saturated rings. The van der Waals surface area contributed by atoms with Crippen molar-refractivity contribution >= 4 is 9.84 Å². The van der Waals surface area contributed by atoms with Crippen LogP contribution in [0.3, 0.4) is 0 Å². The first-order chi connectivity index (χ1) is 6.41. The van der Waals surface area contributed by atoms with Crippen LogP contribution >= 0.6 is 0 Å². The Kier molecular flexibility index (Phi) is 3.92. The van der Waals surface area contributed by atoms with Gasteiger partial charge in [0.1, 0.15) is 9.84 Å². The molecule has 1 N–H and O–H groups in total. The Balaban J connectivity index is 2.15. The average molecular weight is 221 g/mol.